The molecule has 9 nitrogen and oxygen atoms in total. The number of alkyl halides is 2. The van der Waals surface area contributed by atoms with Gasteiger partial charge in [-0.1, -0.05) is 12.1 Å². The van der Waals surface area contributed by atoms with Crippen LogP contribution in [0.5, 0.6) is 11.6 Å². The molecule has 0 unspecified atom stereocenters. The Balaban J connectivity index is 2.00. The van der Waals surface area contributed by atoms with Gasteiger partial charge in [0, 0.05) is 5.56 Å². The van der Waals surface area contributed by atoms with Gasteiger partial charge in [-0.3, -0.25) is 0 Å². The van der Waals surface area contributed by atoms with E-state index in [0.29, 0.717) is 29.4 Å². The lowest BCUT2D eigenvalue weighted by atomic mass is 10.1. The van der Waals surface area contributed by atoms with Crippen molar-refractivity contribution in [2.45, 2.75) is 27.0 Å². The first-order chi connectivity index (χ1) is 13.9. The second-order valence-corrected chi connectivity index (χ2v) is 5.80. The van der Waals surface area contributed by atoms with Gasteiger partial charge in [-0.15, -0.1) is 0 Å². The summed E-state index contributed by atoms with van der Waals surface area (Å²) in [5.41, 5.74) is 1.14. The van der Waals surface area contributed by atoms with Gasteiger partial charge in [-0.05, 0) is 26.0 Å². The number of rotatable bonds is 8. The average molecular weight is 405 g/mol. The lowest BCUT2D eigenvalue weighted by molar-refractivity contribution is -0.0498. The monoisotopic (exact) mass is 405 g/mol. The number of ether oxygens (including phenoxy) is 2. The fourth-order valence-electron chi connectivity index (χ4n) is 2.62. The minimum absolute atomic E-state index is 0.00209. The van der Waals surface area contributed by atoms with Crippen molar-refractivity contribution in [3.63, 3.8) is 0 Å². The lowest BCUT2D eigenvalue weighted by Crippen LogP contribution is -2.13. The zero-order valence-corrected chi connectivity index (χ0v) is 15.5. The van der Waals surface area contributed by atoms with Crippen LogP contribution in [0.1, 0.15) is 29.1 Å². The van der Waals surface area contributed by atoms with Crippen molar-refractivity contribution in [1.29, 1.82) is 0 Å². The number of carboxylic acid groups (broad SMARTS) is 1. The molecule has 3 rings (SSSR count). The molecule has 152 valence electrons. The summed E-state index contributed by atoms with van der Waals surface area (Å²) in [5, 5.41) is 13.3. The van der Waals surface area contributed by atoms with Gasteiger partial charge < -0.3 is 14.6 Å². The number of carboxylic acids is 1. The number of halogens is 2. The number of nitrogens with zero attached hydrogens (tertiary/aromatic N) is 5. The van der Waals surface area contributed by atoms with Crippen LogP contribution < -0.4 is 9.47 Å². The first-order valence-electron chi connectivity index (χ1n) is 8.56. The van der Waals surface area contributed by atoms with E-state index in [0.717, 1.165) is 0 Å². The Morgan fingerprint density at radius 1 is 1.31 bits per heavy atom. The van der Waals surface area contributed by atoms with Crippen molar-refractivity contribution in [1.82, 2.24) is 24.7 Å². The Kier molecular flexibility index (Phi) is 5.96. The third-order valence-corrected chi connectivity index (χ3v) is 3.68. The van der Waals surface area contributed by atoms with Crippen LogP contribution >= 0.6 is 0 Å². The standard InChI is InChI=1S/C18H17F2N5O4/c1-3-28-16-14(11-5-4-6-13(7-11)29-18(19)20)23-12(8-21-16)9-25-15(17(26)27)22-10(2)24-25/h4-8,18H,3,9H2,1-2H3,(H,26,27). The first kappa shape index (κ1) is 20.1. The van der Waals surface area contributed by atoms with E-state index in [9.17, 15) is 18.7 Å². The van der Waals surface area contributed by atoms with Crippen LogP contribution in [0.3, 0.4) is 0 Å². The molecule has 0 aliphatic rings. The van der Waals surface area contributed by atoms with Crippen molar-refractivity contribution >= 4 is 5.97 Å². The summed E-state index contributed by atoms with van der Waals surface area (Å²) >= 11 is 0. The average Bonchev–Trinajstić information content (AvgIpc) is 3.03. The van der Waals surface area contributed by atoms with Gasteiger partial charge >= 0.3 is 12.6 Å². The van der Waals surface area contributed by atoms with Gasteiger partial charge in [-0.2, -0.15) is 13.9 Å². The smallest absolute Gasteiger partial charge is 0.387 e. The molecule has 0 saturated carbocycles. The maximum absolute atomic E-state index is 12.5. The largest absolute Gasteiger partial charge is 0.476 e. The molecule has 3 aromatic rings. The maximum Gasteiger partial charge on any atom is 0.387 e. The third kappa shape index (κ3) is 4.81. The quantitative estimate of drug-likeness (QED) is 0.609. The second-order valence-electron chi connectivity index (χ2n) is 5.80. The van der Waals surface area contributed by atoms with E-state index in [2.05, 4.69) is 24.8 Å². The molecule has 0 bridgehead atoms. The van der Waals surface area contributed by atoms with Crippen LogP contribution in [0.25, 0.3) is 11.3 Å². The Morgan fingerprint density at radius 2 is 2.10 bits per heavy atom. The summed E-state index contributed by atoms with van der Waals surface area (Å²) in [6.07, 6.45) is 1.43. The molecule has 1 aromatic carbocycles. The van der Waals surface area contributed by atoms with Crippen LogP contribution in [-0.2, 0) is 6.54 Å². The Morgan fingerprint density at radius 3 is 2.79 bits per heavy atom. The van der Waals surface area contributed by atoms with E-state index < -0.39 is 12.6 Å². The highest BCUT2D eigenvalue weighted by molar-refractivity contribution is 5.83. The Labute approximate surface area is 164 Å². The van der Waals surface area contributed by atoms with Crippen molar-refractivity contribution in [3.05, 3.63) is 47.8 Å². The van der Waals surface area contributed by atoms with E-state index >= 15 is 0 Å². The van der Waals surface area contributed by atoms with E-state index in [1.165, 1.54) is 23.0 Å². The molecule has 0 fully saturated rings. The third-order valence-electron chi connectivity index (χ3n) is 3.68. The predicted octanol–water partition coefficient (Wildman–Crippen LogP) is 2.79. The summed E-state index contributed by atoms with van der Waals surface area (Å²) in [7, 11) is 0. The molecule has 2 aromatic heterocycles. The van der Waals surface area contributed by atoms with Crippen LogP contribution in [0.4, 0.5) is 8.78 Å². The summed E-state index contributed by atoms with van der Waals surface area (Å²) < 4.78 is 36.2. The topological polar surface area (TPSA) is 112 Å². The Bertz CT molecular complexity index is 1030. The highest BCUT2D eigenvalue weighted by atomic mass is 19.3. The molecule has 0 aliphatic heterocycles. The summed E-state index contributed by atoms with van der Waals surface area (Å²) in [4.78, 5) is 23.9. The van der Waals surface area contributed by atoms with E-state index in [-0.39, 0.29) is 24.0 Å². The van der Waals surface area contributed by atoms with Gasteiger partial charge in [-0.25, -0.2) is 24.4 Å². The first-order valence-corrected chi connectivity index (χ1v) is 8.56. The van der Waals surface area contributed by atoms with Gasteiger partial charge in [0.05, 0.1) is 25.0 Å². The molecule has 0 spiro atoms. The molecule has 0 saturated heterocycles. The van der Waals surface area contributed by atoms with E-state index in [1.807, 2.05) is 0 Å². The van der Waals surface area contributed by atoms with Crippen LogP contribution in [0.15, 0.2) is 30.5 Å². The normalized spacial score (nSPS) is 10.9. The molecular weight excluding hydrogens is 388 g/mol. The minimum Gasteiger partial charge on any atom is -0.476 e. The molecule has 2 heterocycles. The number of aryl methyl sites for hydroxylation is 1. The highest BCUT2D eigenvalue weighted by Crippen LogP contribution is 2.29. The molecular formula is C18H17F2N5O4. The number of hydrogen-bond acceptors (Lipinski definition) is 7. The number of hydrogen-bond donors (Lipinski definition) is 1. The zero-order valence-electron chi connectivity index (χ0n) is 15.5. The molecule has 0 atom stereocenters. The summed E-state index contributed by atoms with van der Waals surface area (Å²) in [5.74, 6) is -0.974. The fraction of sp³-hybridized carbons (Fsp3) is 0.278. The van der Waals surface area contributed by atoms with E-state index in [4.69, 9.17) is 4.74 Å². The zero-order chi connectivity index (χ0) is 21.0. The number of benzene rings is 1. The van der Waals surface area contributed by atoms with Crippen molar-refractivity contribution in [2.24, 2.45) is 0 Å². The maximum atomic E-state index is 12.5. The number of aromatic nitrogens is 5. The summed E-state index contributed by atoms with van der Waals surface area (Å²) in [6.45, 7) is 0.709. The van der Waals surface area contributed by atoms with E-state index in [1.54, 1.807) is 26.0 Å². The van der Waals surface area contributed by atoms with Crippen LogP contribution in [0, 0.1) is 6.92 Å². The minimum atomic E-state index is -2.96. The van der Waals surface area contributed by atoms with Gasteiger partial charge in [0.25, 0.3) is 0 Å². The molecule has 0 radical (unpaired) electrons. The van der Waals surface area contributed by atoms with Gasteiger partial charge in [0.1, 0.15) is 17.3 Å². The summed E-state index contributed by atoms with van der Waals surface area (Å²) in [6, 6.07) is 5.98. The predicted molar refractivity (Wildman–Crippen MR) is 96.1 cm³/mol. The molecule has 1 N–H and O–H groups in total. The van der Waals surface area contributed by atoms with Crippen LogP contribution in [-0.4, -0.2) is 49.0 Å². The highest BCUT2D eigenvalue weighted by Gasteiger charge is 2.18. The Hall–Kier alpha value is -3.63. The van der Waals surface area contributed by atoms with Gasteiger partial charge in [0.15, 0.2) is 0 Å². The molecule has 0 amide bonds. The van der Waals surface area contributed by atoms with Crippen LogP contribution in [0.2, 0.25) is 0 Å². The SMILES string of the molecule is CCOc1ncc(Cn2nc(C)nc2C(=O)O)nc1-c1cccc(OC(F)F)c1. The fourth-order valence-corrected chi connectivity index (χ4v) is 2.62. The second kappa shape index (κ2) is 8.59. The van der Waals surface area contributed by atoms with Crippen molar-refractivity contribution in [2.75, 3.05) is 6.61 Å². The lowest BCUT2D eigenvalue weighted by Gasteiger charge is -2.12. The molecule has 11 heteroatoms. The number of aromatic carboxylic acids is 1. The molecule has 29 heavy (non-hydrogen) atoms. The number of carbonyl (C=O) groups is 1. The van der Waals surface area contributed by atoms with Crippen molar-refractivity contribution in [3.8, 4) is 22.9 Å². The van der Waals surface area contributed by atoms with Crippen molar-refractivity contribution < 1.29 is 28.2 Å². The molecule has 0 aliphatic carbocycles. The van der Waals surface area contributed by atoms with Gasteiger partial charge in [0.2, 0.25) is 11.7 Å².